The van der Waals surface area contributed by atoms with Gasteiger partial charge >= 0.3 is 0 Å². The topological polar surface area (TPSA) is 49.6 Å². The third kappa shape index (κ3) is 3.47. The highest BCUT2D eigenvalue weighted by molar-refractivity contribution is 5.73. The van der Waals surface area contributed by atoms with Gasteiger partial charge in [0.1, 0.15) is 0 Å². The molecule has 1 aromatic rings. The van der Waals surface area contributed by atoms with Crippen molar-refractivity contribution >= 4 is 11.6 Å². The standard InChI is InChI=1S/C14H21N3O/c1-12(18)17-7-3-6-16(8-9-17)11-13-4-2-5-14(15)10-13/h2,4-5,10H,3,6-9,11,15H2,1H3. The Bertz CT molecular complexity index is 419. The second-order valence-corrected chi connectivity index (χ2v) is 4.88. The Morgan fingerprint density at radius 2 is 2.11 bits per heavy atom. The van der Waals surface area contributed by atoms with Crippen LogP contribution < -0.4 is 5.73 Å². The van der Waals surface area contributed by atoms with Gasteiger partial charge in [0.15, 0.2) is 0 Å². The zero-order valence-electron chi connectivity index (χ0n) is 10.9. The van der Waals surface area contributed by atoms with Crippen molar-refractivity contribution in [2.45, 2.75) is 19.9 Å². The van der Waals surface area contributed by atoms with Gasteiger partial charge in [-0.2, -0.15) is 0 Å². The van der Waals surface area contributed by atoms with Crippen LogP contribution in [0.1, 0.15) is 18.9 Å². The van der Waals surface area contributed by atoms with Crippen molar-refractivity contribution in [3.8, 4) is 0 Å². The van der Waals surface area contributed by atoms with Gasteiger partial charge in [-0.25, -0.2) is 0 Å². The van der Waals surface area contributed by atoms with Gasteiger partial charge in [-0.05, 0) is 24.1 Å². The summed E-state index contributed by atoms with van der Waals surface area (Å²) >= 11 is 0. The normalized spacial score (nSPS) is 17.5. The molecule has 4 nitrogen and oxygen atoms in total. The van der Waals surface area contributed by atoms with Crippen LogP contribution in [0.25, 0.3) is 0 Å². The summed E-state index contributed by atoms with van der Waals surface area (Å²) in [7, 11) is 0. The Labute approximate surface area is 108 Å². The number of hydrogen-bond acceptors (Lipinski definition) is 3. The van der Waals surface area contributed by atoms with Crippen LogP contribution in [-0.2, 0) is 11.3 Å². The number of nitrogens with two attached hydrogens (primary N) is 1. The maximum Gasteiger partial charge on any atom is 0.219 e. The summed E-state index contributed by atoms with van der Waals surface area (Å²) in [5.41, 5.74) is 7.84. The first-order chi connectivity index (χ1) is 8.65. The lowest BCUT2D eigenvalue weighted by atomic mass is 10.2. The lowest BCUT2D eigenvalue weighted by molar-refractivity contribution is -0.128. The van der Waals surface area contributed by atoms with E-state index < -0.39 is 0 Å². The van der Waals surface area contributed by atoms with Gasteiger partial charge in [-0.3, -0.25) is 9.69 Å². The van der Waals surface area contributed by atoms with Gasteiger partial charge < -0.3 is 10.6 Å². The van der Waals surface area contributed by atoms with Crippen LogP contribution in [0.15, 0.2) is 24.3 Å². The molecule has 0 bridgehead atoms. The molecule has 0 saturated carbocycles. The molecule has 0 aromatic heterocycles. The maximum absolute atomic E-state index is 11.4. The first-order valence-corrected chi connectivity index (χ1v) is 6.47. The maximum atomic E-state index is 11.4. The molecule has 0 atom stereocenters. The number of benzene rings is 1. The quantitative estimate of drug-likeness (QED) is 0.802. The van der Waals surface area contributed by atoms with Gasteiger partial charge in [0.25, 0.3) is 0 Å². The van der Waals surface area contributed by atoms with Crippen LogP contribution >= 0.6 is 0 Å². The van der Waals surface area contributed by atoms with Crippen molar-refractivity contribution in [2.75, 3.05) is 31.9 Å². The third-order valence-corrected chi connectivity index (χ3v) is 3.39. The van der Waals surface area contributed by atoms with E-state index in [0.29, 0.717) is 0 Å². The van der Waals surface area contributed by atoms with Crippen LogP contribution in [0.2, 0.25) is 0 Å². The molecule has 1 saturated heterocycles. The van der Waals surface area contributed by atoms with E-state index >= 15 is 0 Å². The lowest BCUT2D eigenvalue weighted by Crippen LogP contribution is -2.33. The Morgan fingerprint density at radius 3 is 2.83 bits per heavy atom. The average molecular weight is 247 g/mol. The number of hydrogen-bond donors (Lipinski definition) is 1. The van der Waals surface area contributed by atoms with Gasteiger partial charge in [-0.15, -0.1) is 0 Å². The monoisotopic (exact) mass is 247 g/mol. The first-order valence-electron chi connectivity index (χ1n) is 6.47. The van der Waals surface area contributed by atoms with E-state index in [-0.39, 0.29) is 5.91 Å². The van der Waals surface area contributed by atoms with Crippen molar-refractivity contribution in [3.63, 3.8) is 0 Å². The fourth-order valence-electron chi connectivity index (χ4n) is 2.39. The number of carbonyl (C=O) groups excluding carboxylic acids is 1. The molecule has 98 valence electrons. The molecule has 2 rings (SSSR count). The Balaban J connectivity index is 1.92. The molecule has 1 aliphatic rings. The zero-order valence-corrected chi connectivity index (χ0v) is 10.9. The molecule has 0 aliphatic carbocycles. The molecule has 1 aromatic carbocycles. The van der Waals surface area contributed by atoms with Gasteiger partial charge in [0.05, 0.1) is 0 Å². The van der Waals surface area contributed by atoms with Gasteiger partial charge in [0, 0.05) is 45.3 Å². The molecular weight excluding hydrogens is 226 g/mol. The van der Waals surface area contributed by atoms with Crippen LogP contribution in [-0.4, -0.2) is 41.9 Å². The van der Waals surface area contributed by atoms with Crippen molar-refractivity contribution < 1.29 is 4.79 Å². The summed E-state index contributed by atoms with van der Waals surface area (Å²) < 4.78 is 0. The van der Waals surface area contributed by atoms with Crippen LogP contribution in [0.3, 0.4) is 0 Å². The number of rotatable bonds is 2. The highest BCUT2D eigenvalue weighted by Crippen LogP contribution is 2.11. The molecule has 0 radical (unpaired) electrons. The third-order valence-electron chi connectivity index (χ3n) is 3.39. The highest BCUT2D eigenvalue weighted by atomic mass is 16.2. The number of nitrogen functional groups attached to an aromatic ring is 1. The van der Waals surface area contributed by atoms with E-state index in [4.69, 9.17) is 5.73 Å². The van der Waals surface area contributed by atoms with Crippen molar-refractivity contribution in [1.82, 2.24) is 9.80 Å². The molecule has 1 amide bonds. The summed E-state index contributed by atoms with van der Waals surface area (Å²) in [6, 6.07) is 8.02. The smallest absolute Gasteiger partial charge is 0.219 e. The van der Waals surface area contributed by atoms with Gasteiger partial charge in [-0.1, -0.05) is 12.1 Å². The minimum atomic E-state index is 0.181. The molecule has 1 heterocycles. The Kier molecular flexibility index (Phi) is 4.20. The first kappa shape index (κ1) is 12.9. The minimum Gasteiger partial charge on any atom is -0.399 e. The number of amides is 1. The largest absolute Gasteiger partial charge is 0.399 e. The zero-order chi connectivity index (χ0) is 13.0. The molecule has 4 heteroatoms. The molecule has 2 N–H and O–H groups in total. The average Bonchev–Trinajstić information content (AvgIpc) is 2.55. The van der Waals surface area contributed by atoms with Crippen LogP contribution in [0.5, 0.6) is 0 Å². The number of carbonyl (C=O) groups is 1. The molecule has 0 spiro atoms. The lowest BCUT2D eigenvalue weighted by Gasteiger charge is -2.21. The van der Waals surface area contributed by atoms with Gasteiger partial charge in [0.2, 0.25) is 5.91 Å². The second kappa shape index (κ2) is 5.87. The molecule has 18 heavy (non-hydrogen) atoms. The molecular formula is C14H21N3O. The molecule has 1 fully saturated rings. The minimum absolute atomic E-state index is 0.181. The van der Waals surface area contributed by atoms with E-state index in [1.807, 2.05) is 23.1 Å². The van der Waals surface area contributed by atoms with Crippen molar-refractivity contribution in [1.29, 1.82) is 0 Å². The second-order valence-electron chi connectivity index (χ2n) is 4.88. The summed E-state index contributed by atoms with van der Waals surface area (Å²) in [6.07, 6.45) is 1.04. The predicted molar refractivity (Wildman–Crippen MR) is 73.0 cm³/mol. The SMILES string of the molecule is CC(=O)N1CCCN(Cc2cccc(N)c2)CC1. The van der Waals surface area contributed by atoms with Crippen LogP contribution in [0, 0.1) is 0 Å². The fourth-order valence-corrected chi connectivity index (χ4v) is 2.39. The fraction of sp³-hybridized carbons (Fsp3) is 0.500. The molecule has 1 aliphatic heterocycles. The van der Waals surface area contributed by atoms with E-state index in [0.717, 1.165) is 44.8 Å². The van der Waals surface area contributed by atoms with E-state index in [1.165, 1.54) is 5.56 Å². The van der Waals surface area contributed by atoms with Crippen molar-refractivity contribution in [3.05, 3.63) is 29.8 Å². The Hall–Kier alpha value is -1.55. The highest BCUT2D eigenvalue weighted by Gasteiger charge is 2.16. The number of nitrogens with zero attached hydrogens (tertiary/aromatic N) is 2. The predicted octanol–water partition coefficient (Wildman–Crippen LogP) is 1.32. The summed E-state index contributed by atoms with van der Waals surface area (Å²) in [6.45, 7) is 6.25. The summed E-state index contributed by atoms with van der Waals surface area (Å²) in [5, 5.41) is 0. The van der Waals surface area contributed by atoms with Crippen LogP contribution in [0.4, 0.5) is 5.69 Å². The van der Waals surface area contributed by atoms with Crippen molar-refractivity contribution in [2.24, 2.45) is 0 Å². The van der Waals surface area contributed by atoms with E-state index in [1.54, 1.807) is 6.92 Å². The Morgan fingerprint density at radius 1 is 1.28 bits per heavy atom. The summed E-state index contributed by atoms with van der Waals surface area (Å²) in [5.74, 6) is 0.181. The van der Waals surface area contributed by atoms with E-state index in [2.05, 4.69) is 11.0 Å². The summed E-state index contributed by atoms with van der Waals surface area (Å²) in [4.78, 5) is 15.7. The molecule has 0 unspecified atom stereocenters. The number of anilines is 1. The van der Waals surface area contributed by atoms with E-state index in [9.17, 15) is 4.79 Å².